The van der Waals surface area contributed by atoms with E-state index in [4.69, 9.17) is 6.57 Å². The molecular formula is C46H49N7O5S. The minimum absolute atomic E-state index is 0.0480. The van der Waals surface area contributed by atoms with Crippen molar-refractivity contribution in [1.29, 1.82) is 0 Å². The first-order valence-corrected chi connectivity index (χ1v) is 21.9. The minimum Gasteiger partial charge on any atom is -0.371 e. The van der Waals surface area contributed by atoms with E-state index in [0.717, 1.165) is 102 Å². The first-order chi connectivity index (χ1) is 28.4. The van der Waals surface area contributed by atoms with E-state index in [0.29, 0.717) is 42.4 Å². The van der Waals surface area contributed by atoms with Crippen LogP contribution in [0.3, 0.4) is 0 Å². The van der Waals surface area contributed by atoms with Crippen LogP contribution in [0.5, 0.6) is 0 Å². The van der Waals surface area contributed by atoms with Gasteiger partial charge in [0.1, 0.15) is 6.04 Å². The van der Waals surface area contributed by atoms with Gasteiger partial charge in [0.2, 0.25) is 17.7 Å². The molecule has 2 N–H and O–H groups in total. The number of nitrogens with zero attached hydrogens (tertiary/aromatic N) is 5. The predicted molar refractivity (Wildman–Crippen MR) is 227 cm³/mol. The fourth-order valence-corrected chi connectivity index (χ4v) is 10.9. The Morgan fingerprint density at radius 3 is 2.44 bits per heavy atom. The molecule has 4 aromatic rings. The Balaban J connectivity index is 0.773. The summed E-state index contributed by atoms with van der Waals surface area (Å²) in [5.41, 5.74) is 8.30. The standard InChI is InChI=1S/C46H49N7O5S/c1-5-27-23-34-35(46(2,3)43-41(42(34)56)33-8-6-29(47-4)24-36(33)48-43)25-38(27)51-15-12-30(13-16-51)50-17-19-52(20-18-50)40(55)14-21-59-31-7-9-32-28(22-31)26-53(45(32)58)37-10-11-39(54)49-44(37)57/h6-9,22-25,30,37,48H,5,10-21,26H2,1-3H3,(H,49,54,57). The van der Waals surface area contributed by atoms with E-state index in [1.54, 1.807) is 22.7 Å². The summed E-state index contributed by atoms with van der Waals surface area (Å²) in [6.07, 6.45) is 3.92. The van der Waals surface area contributed by atoms with E-state index in [-0.39, 0.29) is 29.9 Å². The quantitative estimate of drug-likeness (QED) is 0.122. The summed E-state index contributed by atoms with van der Waals surface area (Å²) in [6.45, 7) is 19.4. The van der Waals surface area contributed by atoms with Crippen LogP contribution in [-0.2, 0) is 32.8 Å². The van der Waals surface area contributed by atoms with Gasteiger partial charge in [0.25, 0.3) is 5.91 Å². The SMILES string of the molecule is [C-]#[N+]c1ccc2c3c([nH]c2c1)C(C)(C)c1cc(N2CCC(N4CCN(C(=O)CCSc5ccc6c(c5)CN(C5CCC(=O)NC5=O)C6=O)CC4)CC2)c(CC)cc1C3=O. The van der Waals surface area contributed by atoms with Crippen LogP contribution >= 0.6 is 11.8 Å². The number of nitrogens with one attached hydrogen (secondary N) is 2. The molecule has 0 bridgehead atoms. The van der Waals surface area contributed by atoms with Gasteiger partial charge in [-0.05, 0) is 78.8 Å². The van der Waals surface area contributed by atoms with E-state index in [1.807, 2.05) is 35.2 Å². The van der Waals surface area contributed by atoms with Crippen LogP contribution in [0.2, 0.25) is 0 Å². The highest BCUT2D eigenvalue weighted by molar-refractivity contribution is 7.99. The minimum atomic E-state index is -0.634. The third kappa shape index (κ3) is 6.90. The molecule has 304 valence electrons. The molecule has 12 nitrogen and oxygen atoms in total. The fourth-order valence-electron chi connectivity index (χ4n) is 10.0. The van der Waals surface area contributed by atoms with E-state index in [2.05, 4.69) is 57.8 Å². The number of ketones is 1. The van der Waals surface area contributed by atoms with Crippen molar-refractivity contribution in [2.45, 2.75) is 88.2 Å². The van der Waals surface area contributed by atoms with Crippen molar-refractivity contribution in [2.75, 3.05) is 49.9 Å². The maximum Gasteiger partial charge on any atom is 0.255 e. The third-order valence-corrected chi connectivity index (χ3v) is 14.3. The average molecular weight is 812 g/mol. The molecule has 0 radical (unpaired) electrons. The number of piperidine rings is 2. The summed E-state index contributed by atoms with van der Waals surface area (Å²) in [4.78, 5) is 81.2. The third-order valence-electron chi connectivity index (χ3n) is 13.3. The number of aryl methyl sites for hydroxylation is 1. The number of amides is 4. The van der Waals surface area contributed by atoms with Gasteiger partial charge in [-0.2, -0.15) is 0 Å². The van der Waals surface area contributed by atoms with Gasteiger partial charge in [0, 0.05) is 114 Å². The zero-order valence-corrected chi connectivity index (χ0v) is 34.7. The molecule has 1 unspecified atom stereocenters. The highest BCUT2D eigenvalue weighted by Gasteiger charge is 2.42. The molecule has 0 spiro atoms. The van der Waals surface area contributed by atoms with Gasteiger partial charge < -0.3 is 19.7 Å². The van der Waals surface area contributed by atoms with Gasteiger partial charge in [-0.25, -0.2) is 4.85 Å². The van der Waals surface area contributed by atoms with Gasteiger partial charge in [-0.3, -0.25) is 34.2 Å². The Kier molecular flexibility index (Phi) is 10.1. The molecule has 13 heteroatoms. The maximum absolute atomic E-state index is 14.1. The second-order valence-corrected chi connectivity index (χ2v) is 18.2. The van der Waals surface area contributed by atoms with Gasteiger partial charge in [-0.15, -0.1) is 11.8 Å². The number of fused-ring (bicyclic) bond motifs is 5. The molecule has 3 saturated heterocycles. The lowest BCUT2D eigenvalue weighted by Gasteiger charge is -2.44. The molecular weight excluding hydrogens is 763 g/mol. The van der Waals surface area contributed by atoms with E-state index in [9.17, 15) is 24.0 Å². The first kappa shape index (κ1) is 39.0. The van der Waals surface area contributed by atoms with Gasteiger partial charge >= 0.3 is 0 Å². The lowest BCUT2D eigenvalue weighted by Crippen LogP contribution is -2.54. The van der Waals surface area contributed by atoms with Crippen molar-refractivity contribution < 1.29 is 24.0 Å². The van der Waals surface area contributed by atoms with Crippen LogP contribution in [0.25, 0.3) is 15.7 Å². The lowest BCUT2D eigenvalue weighted by molar-refractivity contribution is -0.137. The highest BCUT2D eigenvalue weighted by Crippen LogP contribution is 2.46. The Labute approximate surface area is 348 Å². The van der Waals surface area contributed by atoms with Crippen molar-refractivity contribution in [3.8, 4) is 0 Å². The maximum atomic E-state index is 14.1. The Hall–Kier alpha value is -5.45. The summed E-state index contributed by atoms with van der Waals surface area (Å²) in [6, 6.07) is 15.5. The zero-order chi connectivity index (χ0) is 41.2. The molecule has 59 heavy (non-hydrogen) atoms. The van der Waals surface area contributed by atoms with Crippen LogP contribution in [0.1, 0.15) is 102 Å². The second kappa shape index (κ2) is 15.3. The van der Waals surface area contributed by atoms with E-state index >= 15 is 0 Å². The zero-order valence-electron chi connectivity index (χ0n) is 33.9. The topological polar surface area (TPSA) is 130 Å². The molecule has 4 amide bonds. The molecule has 5 aliphatic rings. The van der Waals surface area contributed by atoms with Crippen LogP contribution in [0.15, 0.2) is 53.4 Å². The molecule has 1 aliphatic carbocycles. The molecule has 1 atom stereocenters. The van der Waals surface area contributed by atoms with Crippen LogP contribution in [0.4, 0.5) is 11.4 Å². The number of imide groups is 1. The molecule has 5 heterocycles. The number of thioether (sulfide) groups is 1. The molecule has 3 aromatic carbocycles. The molecule has 9 rings (SSSR count). The summed E-state index contributed by atoms with van der Waals surface area (Å²) >= 11 is 1.60. The first-order valence-electron chi connectivity index (χ1n) is 20.9. The van der Waals surface area contributed by atoms with Gasteiger partial charge in [0.15, 0.2) is 11.5 Å². The van der Waals surface area contributed by atoms with E-state index < -0.39 is 17.4 Å². The number of rotatable bonds is 8. The van der Waals surface area contributed by atoms with Crippen molar-refractivity contribution >= 4 is 63.5 Å². The summed E-state index contributed by atoms with van der Waals surface area (Å²) < 4.78 is 0. The average Bonchev–Trinajstić information content (AvgIpc) is 3.80. The van der Waals surface area contributed by atoms with Crippen molar-refractivity contribution in [3.05, 3.63) is 99.0 Å². The molecule has 3 fully saturated rings. The predicted octanol–water partition coefficient (Wildman–Crippen LogP) is 6.21. The monoisotopic (exact) mass is 811 g/mol. The number of H-pyrrole nitrogens is 1. The van der Waals surface area contributed by atoms with Crippen molar-refractivity contribution in [2.24, 2.45) is 0 Å². The molecule has 1 aromatic heterocycles. The number of carbonyl (C=O) groups is 5. The number of benzene rings is 3. The Morgan fingerprint density at radius 1 is 0.932 bits per heavy atom. The number of hydrogen-bond acceptors (Lipinski definition) is 8. The second-order valence-electron chi connectivity index (χ2n) is 17.0. The summed E-state index contributed by atoms with van der Waals surface area (Å²) in [5, 5.41) is 3.22. The molecule has 4 aliphatic heterocycles. The largest absolute Gasteiger partial charge is 0.371 e. The smallest absolute Gasteiger partial charge is 0.255 e. The Morgan fingerprint density at radius 2 is 1.71 bits per heavy atom. The van der Waals surface area contributed by atoms with Crippen LogP contribution in [-0.4, -0.2) is 106 Å². The lowest BCUT2D eigenvalue weighted by atomic mass is 9.70. The van der Waals surface area contributed by atoms with Crippen LogP contribution in [0, 0.1) is 6.57 Å². The van der Waals surface area contributed by atoms with Gasteiger partial charge in [0.05, 0.1) is 12.1 Å². The number of aromatic nitrogens is 1. The summed E-state index contributed by atoms with van der Waals surface area (Å²) in [7, 11) is 0. The van der Waals surface area contributed by atoms with Crippen LogP contribution < -0.4 is 10.2 Å². The number of piperazine rings is 1. The molecule has 0 saturated carbocycles. The van der Waals surface area contributed by atoms with Gasteiger partial charge in [-0.1, -0.05) is 32.9 Å². The number of hydrogen-bond donors (Lipinski definition) is 2. The van der Waals surface area contributed by atoms with Crippen molar-refractivity contribution in [3.63, 3.8) is 0 Å². The summed E-state index contributed by atoms with van der Waals surface area (Å²) in [5.74, 6) is -0.0391. The number of carbonyl (C=O) groups excluding carboxylic acids is 5. The fraction of sp³-hybridized carbons (Fsp3) is 0.435. The Bertz CT molecular complexity index is 2470. The highest BCUT2D eigenvalue weighted by atomic mass is 32.2. The van der Waals surface area contributed by atoms with Crippen molar-refractivity contribution in [1.82, 2.24) is 25.0 Å². The van der Waals surface area contributed by atoms with E-state index in [1.165, 1.54) is 11.3 Å². The number of aromatic amines is 1. The normalized spacial score (nSPS) is 20.7. The number of anilines is 1.